The summed E-state index contributed by atoms with van der Waals surface area (Å²) in [7, 11) is 1.65. The molecule has 0 saturated heterocycles. The molecule has 3 aromatic carbocycles. The number of methoxy groups -OCH3 is 1. The van der Waals surface area contributed by atoms with Crippen LogP contribution >= 0.6 is 0 Å². The largest absolute Gasteiger partial charge is 0.497 e. The molecule has 0 N–H and O–H groups in total. The Kier molecular flexibility index (Phi) is 5.80. The van der Waals surface area contributed by atoms with Gasteiger partial charge in [0, 0.05) is 23.1 Å². The first-order valence-electron chi connectivity index (χ1n) is 8.97. The molecule has 0 atom stereocenters. The van der Waals surface area contributed by atoms with Crippen LogP contribution in [0.4, 0.5) is 17.1 Å². The standard InChI is InChI=1S/C24H23NO3/c1-5-24(26)28-23-14-10-20(11-15-23)25(19-8-12-22(27-4)13-9-19)21-7-6-17(2)18(3)16-21/h5-16H,1H2,2-4H3. The summed E-state index contributed by atoms with van der Waals surface area (Å²) in [5.74, 6) is 0.799. The van der Waals surface area contributed by atoms with Crippen LogP contribution in [0.2, 0.25) is 0 Å². The van der Waals surface area contributed by atoms with E-state index in [1.54, 1.807) is 19.2 Å². The van der Waals surface area contributed by atoms with Crippen LogP contribution in [0.3, 0.4) is 0 Å². The number of hydrogen-bond acceptors (Lipinski definition) is 4. The van der Waals surface area contributed by atoms with E-state index in [0.717, 1.165) is 28.9 Å². The smallest absolute Gasteiger partial charge is 0.335 e. The van der Waals surface area contributed by atoms with Crippen molar-refractivity contribution in [2.75, 3.05) is 12.0 Å². The van der Waals surface area contributed by atoms with Gasteiger partial charge in [-0.15, -0.1) is 0 Å². The molecular weight excluding hydrogens is 350 g/mol. The molecule has 0 radical (unpaired) electrons. The van der Waals surface area contributed by atoms with Gasteiger partial charge in [0.15, 0.2) is 0 Å². The highest BCUT2D eigenvalue weighted by atomic mass is 16.5. The molecule has 142 valence electrons. The van der Waals surface area contributed by atoms with E-state index < -0.39 is 5.97 Å². The minimum atomic E-state index is -0.478. The number of carbonyl (C=O) groups excluding carboxylic acids is 1. The highest BCUT2D eigenvalue weighted by Crippen LogP contribution is 2.36. The minimum Gasteiger partial charge on any atom is -0.497 e. The monoisotopic (exact) mass is 373 g/mol. The lowest BCUT2D eigenvalue weighted by Crippen LogP contribution is -2.10. The van der Waals surface area contributed by atoms with Gasteiger partial charge in [-0.1, -0.05) is 12.6 Å². The van der Waals surface area contributed by atoms with Gasteiger partial charge >= 0.3 is 5.97 Å². The lowest BCUT2D eigenvalue weighted by atomic mass is 10.1. The number of rotatable bonds is 6. The first-order valence-corrected chi connectivity index (χ1v) is 8.97. The van der Waals surface area contributed by atoms with Gasteiger partial charge in [-0.25, -0.2) is 4.79 Å². The van der Waals surface area contributed by atoms with E-state index in [2.05, 4.69) is 43.5 Å². The van der Waals surface area contributed by atoms with Crippen molar-refractivity contribution in [3.8, 4) is 11.5 Å². The Hall–Kier alpha value is -3.53. The van der Waals surface area contributed by atoms with Crippen LogP contribution in [0, 0.1) is 13.8 Å². The third kappa shape index (κ3) is 4.23. The van der Waals surface area contributed by atoms with Gasteiger partial charge in [0.25, 0.3) is 0 Å². The number of anilines is 3. The summed E-state index contributed by atoms with van der Waals surface area (Å²) < 4.78 is 10.5. The molecule has 0 saturated carbocycles. The molecule has 0 unspecified atom stereocenters. The maximum atomic E-state index is 11.4. The summed E-state index contributed by atoms with van der Waals surface area (Å²) in [6.45, 7) is 7.62. The molecule has 3 rings (SSSR count). The van der Waals surface area contributed by atoms with Crippen LogP contribution in [0.5, 0.6) is 11.5 Å². The van der Waals surface area contributed by atoms with Crippen LogP contribution in [0.1, 0.15) is 11.1 Å². The highest BCUT2D eigenvalue weighted by Gasteiger charge is 2.14. The van der Waals surface area contributed by atoms with E-state index >= 15 is 0 Å². The summed E-state index contributed by atoms with van der Waals surface area (Å²) in [6.07, 6.45) is 1.15. The van der Waals surface area contributed by atoms with E-state index in [4.69, 9.17) is 9.47 Å². The predicted molar refractivity (Wildman–Crippen MR) is 113 cm³/mol. The molecule has 4 nitrogen and oxygen atoms in total. The van der Waals surface area contributed by atoms with E-state index in [0.29, 0.717) is 5.75 Å². The van der Waals surface area contributed by atoms with Crippen molar-refractivity contribution in [3.05, 3.63) is 90.5 Å². The Morgan fingerprint density at radius 2 is 1.36 bits per heavy atom. The second-order valence-electron chi connectivity index (χ2n) is 6.42. The van der Waals surface area contributed by atoms with Crippen molar-refractivity contribution in [2.24, 2.45) is 0 Å². The molecule has 4 heteroatoms. The molecule has 0 aliphatic heterocycles. The Morgan fingerprint density at radius 1 is 0.821 bits per heavy atom. The minimum absolute atomic E-state index is 0.475. The SMILES string of the molecule is C=CC(=O)Oc1ccc(N(c2ccc(OC)cc2)c2ccc(C)c(C)c2)cc1. The summed E-state index contributed by atoms with van der Waals surface area (Å²) in [6, 6.07) is 21.6. The molecule has 0 heterocycles. The molecule has 3 aromatic rings. The molecule has 0 spiro atoms. The van der Waals surface area contributed by atoms with E-state index in [9.17, 15) is 4.79 Å². The molecule has 0 bridgehead atoms. The van der Waals surface area contributed by atoms with E-state index in [1.165, 1.54) is 11.1 Å². The van der Waals surface area contributed by atoms with Crippen LogP contribution in [-0.2, 0) is 4.79 Å². The number of hydrogen-bond donors (Lipinski definition) is 0. The maximum absolute atomic E-state index is 11.4. The molecular formula is C24H23NO3. The fourth-order valence-electron chi connectivity index (χ4n) is 2.86. The Balaban J connectivity index is 2.03. The van der Waals surface area contributed by atoms with Crippen LogP contribution in [0.15, 0.2) is 79.4 Å². The Morgan fingerprint density at radius 3 is 1.86 bits per heavy atom. The van der Waals surface area contributed by atoms with Crippen molar-refractivity contribution >= 4 is 23.0 Å². The highest BCUT2D eigenvalue weighted by molar-refractivity contribution is 5.83. The number of nitrogens with zero attached hydrogens (tertiary/aromatic N) is 1. The normalized spacial score (nSPS) is 10.2. The van der Waals surface area contributed by atoms with E-state index in [-0.39, 0.29) is 0 Å². The molecule has 0 aliphatic rings. The van der Waals surface area contributed by atoms with Crippen LogP contribution in [0.25, 0.3) is 0 Å². The maximum Gasteiger partial charge on any atom is 0.335 e. The lowest BCUT2D eigenvalue weighted by molar-refractivity contribution is -0.128. The predicted octanol–water partition coefficient (Wildman–Crippen LogP) is 5.87. The summed E-state index contributed by atoms with van der Waals surface area (Å²) >= 11 is 0. The van der Waals surface area contributed by atoms with Gasteiger partial charge in [-0.3, -0.25) is 0 Å². The average molecular weight is 373 g/mol. The fraction of sp³-hybridized carbons (Fsp3) is 0.125. The first kappa shape index (κ1) is 19.2. The van der Waals surface area contributed by atoms with Gasteiger partial charge < -0.3 is 14.4 Å². The van der Waals surface area contributed by atoms with E-state index in [1.807, 2.05) is 36.4 Å². The second kappa shape index (κ2) is 8.44. The van der Waals surface area contributed by atoms with Crippen molar-refractivity contribution in [2.45, 2.75) is 13.8 Å². The quantitative estimate of drug-likeness (QED) is 0.308. The number of carbonyl (C=O) groups is 1. The summed E-state index contributed by atoms with van der Waals surface area (Å²) in [5, 5.41) is 0. The zero-order chi connectivity index (χ0) is 20.1. The Bertz CT molecular complexity index is 976. The number of benzene rings is 3. The molecule has 0 amide bonds. The zero-order valence-electron chi connectivity index (χ0n) is 16.3. The summed E-state index contributed by atoms with van der Waals surface area (Å²) in [4.78, 5) is 13.6. The Labute approximate surface area is 165 Å². The number of aryl methyl sites for hydroxylation is 2. The van der Waals surface area contributed by atoms with Crippen molar-refractivity contribution in [1.82, 2.24) is 0 Å². The fourth-order valence-corrected chi connectivity index (χ4v) is 2.86. The average Bonchev–Trinajstić information content (AvgIpc) is 2.72. The lowest BCUT2D eigenvalue weighted by Gasteiger charge is -2.26. The van der Waals surface area contributed by atoms with Gasteiger partial charge in [0.05, 0.1) is 7.11 Å². The van der Waals surface area contributed by atoms with Gasteiger partial charge in [-0.05, 0) is 85.6 Å². The third-order valence-corrected chi connectivity index (χ3v) is 4.56. The zero-order valence-corrected chi connectivity index (χ0v) is 16.3. The van der Waals surface area contributed by atoms with Crippen LogP contribution < -0.4 is 14.4 Å². The number of ether oxygens (including phenoxy) is 2. The molecule has 28 heavy (non-hydrogen) atoms. The molecule has 0 aliphatic carbocycles. The third-order valence-electron chi connectivity index (χ3n) is 4.56. The number of esters is 1. The van der Waals surface area contributed by atoms with Gasteiger partial charge in [0.2, 0.25) is 0 Å². The van der Waals surface area contributed by atoms with Crippen molar-refractivity contribution in [1.29, 1.82) is 0 Å². The van der Waals surface area contributed by atoms with Crippen molar-refractivity contribution in [3.63, 3.8) is 0 Å². The van der Waals surface area contributed by atoms with Crippen molar-refractivity contribution < 1.29 is 14.3 Å². The molecule has 0 fully saturated rings. The first-order chi connectivity index (χ1) is 13.5. The topological polar surface area (TPSA) is 38.8 Å². The summed E-state index contributed by atoms with van der Waals surface area (Å²) in [5.41, 5.74) is 5.45. The molecule has 0 aromatic heterocycles. The second-order valence-corrected chi connectivity index (χ2v) is 6.42. The van der Waals surface area contributed by atoms with Gasteiger partial charge in [0.1, 0.15) is 11.5 Å². The van der Waals surface area contributed by atoms with Crippen LogP contribution in [-0.4, -0.2) is 13.1 Å². The van der Waals surface area contributed by atoms with Gasteiger partial charge in [-0.2, -0.15) is 0 Å².